The minimum absolute atomic E-state index is 0.424. The Morgan fingerprint density at radius 1 is 1.24 bits per heavy atom. The van der Waals surface area contributed by atoms with Crippen molar-refractivity contribution in [3.8, 4) is 5.69 Å². The van der Waals surface area contributed by atoms with Crippen LogP contribution in [0.3, 0.4) is 0 Å². The van der Waals surface area contributed by atoms with Gasteiger partial charge in [0.05, 0.1) is 11.4 Å². The number of benzene rings is 1. The summed E-state index contributed by atoms with van der Waals surface area (Å²) in [5, 5.41) is 8.26. The second-order valence-electron chi connectivity index (χ2n) is 4.35. The third-order valence-corrected chi connectivity index (χ3v) is 3.34. The number of hydrogen-bond acceptors (Lipinski definition) is 3. The van der Waals surface area contributed by atoms with E-state index in [1.807, 2.05) is 30.3 Å². The maximum absolute atomic E-state index is 11.2. The fourth-order valence-electron chi connectivity index (χ4n) is 2.14. The number of hydrogen-bond donors (Lipinski definition) is 0. The highest BCUT2D eigenvalue weighted by atomic mass is 16.1. The minimum atomic E-state index is 0.424. The van der Waals surface area contributed by atoms with Crippen LogP contribution in [0.15, 0.2) is 30.3 Å². The van der Waals surface area contributed by atoms with E-state index in [9.17, 15) is 4.79 Å². The van der Waals surface area contributed by atoms with Crippen molar-refractivity contribution in [3.05, 3.63) is 41.7 Å². The van der Waals surface area contributed by atoms with Gasteiger partial charge in [0, 0.05) is 5.92 Å². The summed E-state index contributed by atoms with van der Waals surface area (Å²) >= 11 is 0. The molecule has 1 aliphatic carbocycles. The van der Waals surface area contributed by atoms with Gasteiger partial charge in [-0.1, -0.05) is 29.8 Å². The van der Waals surface area contributed by atoms with Crippen molar-refractivity contribution in [3.63, 3.8) is 0 Å². The van der Waals surface area contributed by atoms with Gasteiger partial charge in [-0.15, -0.1) is 5.10 Å². The van der Waals surface area contributed by atoms with E-state index in [-0.39, 0.29) is 0 Å². The highest BCUT2D eigenvalue weighted by Gasteiger charge is 2.27. The van der Waals surface area contributed by atoms with Crippen molar-refractivity contribution in [2.75, 3.05) is 0 Å². The molecular weight excluding hydrogens is 214 g/mol. The maximum atomic E-state index is 11.2. The highest BCUT2D eigenvalue weighted by molar-refractivity contribution is 5.75. The van der Waals surface area contributed by atoms with E-state index in [0.29, 0.717) is 11.6 Å². The molecular formula is C13H13N3O. The molecule has 0 bridgehead atoms. The molecule has 0 atom stereocenters. The van der Waals surface area contributed by atoms with Crippen molar-refractivity contribution in [2.24, 2.45) is 0 Å². The zero-order chi connectivity index (χ0) is 11.7. The van der Waals surface area contributed by atoms with Gasteiger partial charge in [-0.05, 0) is 25.0 Å². The average Bonchev–Trinajstić information content (AvgIpc) is 2.71. The Bertz CT molecular complexity index is 529. The summed E-state index contributed by atoms with van der Waals surface area (Å²) in [4.78, 5) is 11.2. The van der Waals surface area contributed by atoms with Gasteiger partial charge in [0.25, 0.3) is 0 Å². The van der Waals surface area contributed by atoms with Gasteiger partial charge in [-0.3, -0.25) is 4.79 Å². The third-order valence-electron chi connectivity index (χ3n) is 3.34. The summed E-state index contributed by atoms with van der Waals surface area (Å²) in [6.07, 6.45) is 4.32. The van der Waals surface area contributed by atoms with Crippen LogP contribution in [0.5, 0.6) is 0 Å². The summed E-state index contributed by atoms with van der Waals surface area (Å²) in [6.45, 7) is 0. The van der Waals surface area contributed by atoms with Crippen LogP contribution in [0.2, 0.25) is 0 Å². The fraction of sp³-hybridized carbons (Fsp3) is 0.308. The van der Waals surface area contributed by atoms with E-state index in [2.05, 4.69) is 10.3 Å². The van der Waals surface area contributed by atoms with E-state index in [1.165, 1.54) is 6.42 Å². The zero-order valence-electron chi connectivity index (χ0n) is 9.41. The molecule has 2 aromatic rings. The van der Waals surface area contributed by atoms with Gasteiger partial charge in [0.15, 0.2) is 6.29 Å². The molecule has 1 aliphatic rings. The Kier molecular flexibility index (Phi) is 2.48. The number of para-hydroxylation sites is 1. The molecule has 0 radical (unpaired) electrons. The van der Waals surface area contributed by atoms with Crippen molar-refractivity contribution >= 4 is 6.29 Å². The third kappa shape index (κ3) is 1.65. The molecule has 0 unspecified atom stereocenters. The van der Waals surface area contributed by atoms with E-state index in [1.54, 1.807) is 4.68 Å². The van der Waals surface area contributed by atoms with Crippen molar-refractivity contribution in [2.45, 2.75) is 25.2 Å². The molecule has 4 heteroatoms. The second kappa shape index (κ2) is 4.13. The minimum Gasteiger partial charge on any atom is -0.296 e. The Balaban J connectivity index is 2.05. The first-order valence-corrected chi connectivity index (χ1v) is 5.86. The zero-order valence-corrected chi connectivity index (χ0v) is 9.41. The standard InChI is InChI=1S/C13H13N3O/c17-9-12-13(10-5-4-6-10)14-15-16(12)11-7-2-1-3-8-11/h1-3,7-10H,4-6H2. The predicted octanol–water partition coefficient (Wildman–Crippen LogP) is 2.35. The average molecular weight is 227 g/mol. The maximum Gasteiger partial charge on any atom is 0.170 e. The summed E-state index contributed by atoms with van der Waals surface area (Å²) in [6, 6.07) is 9.63. The van der Waals surface area contributed by atoms with Crippen LogP contribution < -0.4 is 0 Å². The van der Waals surface area contributed by atoms with Crippen molar-refractivity contribution in [1.82, 2.24) is 15.0 Å². The molecule has 1 saturated carbocycles. The molecule has 0 N–H and O–H groups in total. The molecule has 4 nitrogen and oxygen atoms in total. The molecule has 1 heterocycles. The summed E-state index contributed by atoms with van der Waals surface area (Å²) in [5.41, 5.74) is 2.34. The topological polar surface area (TPSA) is 47.8 Å². The first-order chi connectivity index (χ1) is 8.40. The Morgan fingerprint density at radius 2 is 2.00 bits per heavy atom. The van der Waals surface area contributed by atoms with E-state index in [4.69, 9.17) is 0 Å². The van der Waals surface area contributed by atoms with Crippen LogP contribution >= 0.6 is 0 Å². The molecule has 0 spiro atoms. The smallest absolute Gasteiger partial charge is 0.170 e. The van der Waals surface area contributed by atoms with Gasteiger partial charge in [0.2, 0.25) is 0 Å². The first kappa shape index (κ1) is 10.2. The summed E-state index contributed by atoms with van der Waals surface area (Å²) in [5.74, 6) is 0.424. The number of nitrogens with zero attached hydrogens (tertiary/aromatic N) is 3. The van der Waals surface area contributed by atoms with Gasteiger partial charge < -0.3 is 0 Å². The van der Waals surface area contributed by atoms with Crippen LogP contribution in [-0.4, -0.2) is 21.3 Å². The van der Waals surface area contributed by atoms with Crippen LogP contribution in [0.1, 0.15) is 41.4 Å². The lowest BCUT2D eigenvalue weighted by atomic mass is 9.82. The largest absolute Gasteiger partial charge is 0.296 e. The molecule has 0 saturated heterocycles. The van der Waals surface area contributed by atoms with Gasteiger partial charge in [0.1, 0.15) is 5.69 Å². The quantitative estimate of drug-likeness (QED) is 0.756. The molecule has 3 rings (SSSR count). The monoisotopic (exact) mass is 227 g/mol. The van der Waals surface area contributed by atoms with E-state index < -0.39 is 0 Å². The van der Waals surface area contributed by atoms with Crippen molar-refractivity contribution in [1.29, 1.82) is 0 Å². The molecule has 86 valence electrons. The number of aromatic nitrogens is 3. The lowest BCUT2D eigenvalue weighted by Gasteiger charge is -2.23. The highest BCUT2D eigenvalue weighted by Crippen LogP contribution is 2.36. The lowest BCUT2D eigenvalue weighted by molar-refractivity contribution is 0.111. The molecule has 0 amide bonds. The van der Waals surface area contributed by atoms with Crippen LogP contribution in [0.25, 0.3) is 5.69 Å². The molecule has 1 aromatic carbocycles. The number of carbonyl (C=O) groups excluding carboxylic acids is 1. The van der Waals surface area contributed by atoms with E-state index >= 15 is 0 Å². The SMILES string of the molecule is O=Cc1c(C2CCC2)nnn1-c1ccccc1. The normalized spacial score (nSPS) is 15.5. The summed E-state index contributed by atoms with van der Waals surface area (Å²) in [7, 11) is 0. The van der Waals surface area contributed by atoms with Gasteiger partial charge in [-0.2, -0.15) is 0 Å². The first-order valence-electron chi connectivity index (χ1n) is 5.86. The van der Waals surface area contributed by atoms with Gasteiger partial charge >= 0.3 is 0 Å². The van der Waals surface area contributed by atoms with Gasteiger partial charge in [-0.25, -0.2) is 4.68 Å². The lowest BCUT2D eigenvalue weighted by Crippen LogP contribution is -2.12. The van der Waals surface area contributed by atoms with Crippen molar-refractivity contribution < 1.29 is 4.79 Å². The molecule has 1 aromatic heterocycles. The fourth-order valence-corrected chi connectivity index (χ4v) is 2.14. The second-order valence-corrected chi connectivity index (χ2v) is 4.35. The summed E-state index contributed by atoms with van der Waals surface area (Å²) < 4.78 is 1.63. The number of aldehydes is 1. The Labute approximate surface area is 99.3 Å². The molecule has 1 fully saturated rings. The Hall–Kier alpha value is -1.97. The predicted molar refractivity (Wildman–Crippen MR) is 63.3 cm³/mol. The van der Waals surface area contributed by atoms with Crippen LogP contribution in [0.4, 0.5) is 0 Å². The molecule has 17 heavy (non-hydrogen) atoms. The van der Waals surface area contributed by atoms with E-state index in [0.717, 1.165) is 30.5 Å². The molecule has 0 aliphatic heterocycles. The van der Waals surface area contributed by atoms with Crippen LogP contribution in [0, 0.1) is 0 Å². The number of carbonyl (C=O) groups is 1. The Morgan fingerprint density at radius 3 is 2.59 bits per heavy atom. The number of rotatable bonds is 3. The van der Waals surface area contributed by atoms with Crippen LogP contribution in [-0.2, 0) is 0 Å².